The number of esters is 7. The maximum absolute atomic E-state index is 13.3. The number of rotatable bonds is 7. The molecular formula is C34H46O15. The van der Waals surface area contributed by atoms with E-state index in [4.69, 9.17) is 37.9 Å². The van der Waals surface area contributed by atoms with Gasteiger partial charge in [-0.3, -0.25) is 33.6 Å². The van der Waals surface area contributed by atoms with Crippen molar-refractivity contribution in [1.82, 2.24) is 0 Å². The van der Waals surface area contributed by atoms with Crippen molar-refractivity contribution in [3.8, 4) is 0 Å². The van der Waals surface area contributed by atoms with E-state index in [1.54, 1.807) is 27.7 Å². The molecule has 272 valence electrons. The average molecular weight is 695 g/mol. The van der Waals surface area contributed by atoms with Gasteiger partial charge in [-0.05, 0) is 18.1 Å². The van der Waals surface area contributed by atoms with Crippen LogP contribution in [0.25, 0.3) is 0 Å². The van der Waals surface area contributed by atoms with E-state index in [9.17, 15) is 33.6 Å². The zero-order valence-electron chi connectivity index (χ0n) is 29.8. The first-order valence-corrected chi connectivity index (χ1v) is 16.1. The predicted molar refractivity (Wildman–Crippen MR) is 164 cm³/mol. The molecule has 15 heteroatoms. The highest BCUT2D eigenvalue weighted by molar-refractivity contribution is 5.72. The highest BCUT2D eigenvalue weighted by atomic mass is 16.6. The number of carbonyl (C=O) groups is 7. The second-order valence-corrected chi connectivity index (χ2v) is 14.1. The van der Waals surface area contributed by atoms with Gasteiger partial charge in [-0.15, -0.1) is 0 Å². The van der Waals surface area contributed by atoms with Crippen LogP contribution in [0.2, 0.25) is 0 Å². The summed E-state index contributed by atoms with van der Waals surface area (Å²) in [4.78, 5) is 90.8. The van der Waals surface area contributed by atoms with Crippen LogP contribution in [0.15, 0.2) is 11.1 Å². The van der Waals surface area contributed by atoms with Crippen LogP contribution in [0, 0.1) is 16.7 Å². The largest absolute Gasteiger partial charge is 0.462 e. The second-order valence-electron chi connectivity index (χ2n) is 14.1. The Labute approximate surface area is 284 Å². The minimum absolute atomic E-state index is 0.0741. The Morgan fingerprint density at radius 1 is 0.653 bits per heavy atom. The first-order chi connectivity index (χ1) is 22.5. The van der Waals surface area contributed by atoms with Gasteiger partial charge in [0.15, 0.2) is 23.4 Å². The zero-order valence-corrected chi connectivity index (χ0v) is 29.8. The topological polar surface area (TPSA) is 193 Å². The smallest absolute Gasteiger partial charge is 0.303 e. The quantitative estimate of drug-likeness (QED) is 0.214. The molecule has 1 unspecified atom stereocenters. The van der Waals surface area contributed by atoms with Crippen LogP contribution < -0.4 is 0 Å². The molecule has 1 heterocycles. The van der Waals surface area contributed by atoms with Gasteiger partial charge >= 0.3 is 41.8 Å². The van der Waals surface area contributed by atoms with Gasteiger partial charge in [0.1, 0.15) is 24.4 Å². The van der Waals surface area contributed by atoms with Crippen LogP contribution >= 0.6 is 0 Å². The summed E-state index contributed by atoms with van der Waals surface area (Å²) in [7, 11) is 0. The second kappa shape index (κ2) is 13.0. The monoisotopic (exact) mass is 694 g/mol. The Bertz CT molecular complexity index is 1480. The molecule has 0 spiro atoms. The molecule has 4 aliphatic rings. The fourth-order valence-corrected chi connectivity index (χ4v) is 9.04. The summed E-state index contributed by atoms with van der Waals surface area (Å²) < 4.78 is 48.6. The summed E-state index contributed by atoms with van der Waals surface area (Å²) in [5, 5.41) is 0. The standard InChI is InChI=1S/C34H46O15/c1-15-23(43-16(2)35)13-34(49-22(8)41)30(47-20(6)39)28-32(11,24(44-17(3)36)12-25-33(28,14-42-25)48-21(7)40)29(46-19(5)38)27(45-18(4)37)26(15)31(34,9)10/h23-25,27-30H,12-14H2,1-11H3/t23-,24-,25+,27+,28-,29?,30-,32+,33-,34+/m0/s1. The Balaban J connectivity index is 2.31. The lowest BCUT2D eigenvalue weighted by Gasteiger charge is -2.69. The molecule has 0 N–H and O–H groups in total. The van der Waals surface area contributed by atoms with Crippen molar-refractivity contribution >= 4 is 41.8 Å². The van der Waals surface area contributed by atoms with Crippen molar-refractivity contribution in [2.75, 3.05) is 6.61 Å². The molecule has 10 atom stereocenters. The predicted octanol–water partition coefficient (Wildman–Crippen LogP) is 2.43. The average Bonchev–Trinajstić information content (AvgIpc) is 2.91. The van der Waals surface area contributed by atoms with Crippen molar-refractivity contribution < 1.29 is 71.5 Å². The number of fused-ring (bicyclic) bond motifs is 5. The highest BCUT2D eigenvalue weighted by Gasteiger charge is 2.80. The number of carbonyl (C=O) groups excluding carboxylic acids is 7. The SMILES string of the molecule is CC(=O)OC1[C@H](OC(C)=O)C2=C(C)[C@@H](OC(C)=O)C[C@@](OC(C)=O)([C@@H](OC(C)=O)[C@@H]3[C@]4(OC(C)=O)CO[C@@H]4C[C@H](OC(C)=O)[C@@]13C)C2(C)C. The Morgan fingerprint density at radius 3 is 1.61 bits per heavy atom. The van der Waals surface area contributed by atoms with Gasteiger partial charge in [-0.25, -0.2) is 0 Å². The molecule has 0 aromatic heterocycles. The van der Waals surface area contributed by atoms with Crippen LogP contribution in [0.1, 0.15) is 89.0 Å². The maximum atomic E-state index is 13.3. The molecule has 3 fully saturated rings. The first kappa shape index (κ1) is 37.8. The lowest BCUT2D eigenvalue weighted by molar-refractivity contribution is -0.367. The van der Waals surface area contributed by atoms with E-state index in [1.165, 1.54) is 20.8 Å². The van der Waals surface area contributed by atoms with E-state index in [0.29, 0.717) is 5.57 Å². The van der Waals surface area contributed by atoms with Crippen LogP contribution in [0.4, 0.5) is 0 Å². The minimum atomic E-state index is -1.95. The van der Waals surface area contributed by atoms with E-state index in [-0.39, 0.29) is 25.0 Å². The fourth-order valence-electron chi connectivity index (χ4n) is 9.04. The molecule has 0 radical (unpaired) electrons. The molecular weight excluding hydrogens is 648 g/mol. The van der Waals surface area contributed by atoms with Crippen LogP contribution in [-0.4, -0.2) is 96.2 Å². The highest BCUT2D eigenvalue weighted by Crippen LogP contribution is 2.67. The molecule has 49 heavy (non-hydrogen) atoms. The third kappa shape index (κ3) is 6.18. The normalized spacial score (nSPS) is 37.2. The summed E-state index contributed by atoms with van der Waals surface area (Å²) in [6, 6.07) is 0. The van der Waals surface area contributed by atoms with Gasteiger partial charge < -0.3 is 37.9 Å². The summed E-state index contributed by atoms with van der Waals surface area (Å²) in [6.45, 7) is 14.5. The van der Waals surface area contributed by atoms with Crippen molar-refractivity contribution in [3.05, 3.63) is 11.1 Å². The van der Waals surface area contributed by atoms with Crippen LogP contribution in [0.3, 0.4) is 0 Å². The third-order valence-corrected chi connectivity index (χ3v) is 10.6. The lowest BCUT2D eigenvalue weighted by Crippen LogP contribution is -2.83. The van der Waals surface area contributed by atoms with Gasteiger partial charge in [0.25, 0.3) is 0 Å². The molecule has 0 aromatic rings. The van der Waals surface area contributed by atoms with Crippen molar-refractivity contribution in [2.24, 2.45) is 16.7 Å². The molecule has 4 rings (SSSR count). The molecule has 2 bridgehead atoms. The van der Waals surface area contributed by atoms with Gasteiger partial charge in [0.05, 0.1) is 17.9 Å². The maximum Gasteiger partial charge on any atom is 0.303 e. The van der Waals surface area contributed by atoms with Gasteiger partial charge in [-0.1, -0.05) is 20.8 Å². The van der Waals surface area contributed by atoms with Gasteiger partial charge in [0.2, 0.25) is 0 Å². The van der Waals surface area contributed by atoms with Crippen molar-refractivity contribution in [2.45, 2.75) is 137 Å². The Morgan fingerprint density at radius 2 is 1.16 bits per heavy atom. The van der Waals surface area contributed by atoms with E-state index in [2.05, 4.69) is 0 Å². The molecule has 2 saturated carbocycles. The van der Waals surface area contributed by atoms with Gasteiger partial charge in [0, 0.05) is 66.7 Å². The number of ether oxygens (including phenoxy) is 8. The molecule has 0 amide bonds. The van der Waals surface area contributed by atoms with Crippen molar-refractivity contribution in [3.63, 3.8) is 0 Å². The van der Waals surface area contributed by atoms with Crippen molar-refractivity contribution in [1.29, 1.82) is 0 Å². The summed E-state index contributed by atoms with van der Waals surface area (Å²) >= 11 is 0. The Hall–Kier alpha value is -4.01. The fraction of sp³-hybridized carbons (Fsp3) is 0.735. The first-order valence-electron chi connectivity index (χ1n) is 16.1. The third-order valence-electron chi connectivity index (χ3n) is 10.6. The molecule has 15 nitrogen and oxygen atoms in total. The zero-order chi connectivity index (χ0) is 37.0. The lowest BCUT2D eigenvalue weighted by atomic mass is 9.44. The molecule has 1 saturated heterocycles. The molecule has 0 aromatic carbocycles. The number of hydrogen-bond acceptors (Lipinski definition) is 15. The summed E-state index contributed by atoms with van der Waals surface area (Å²) in [5.41, 5.74) is -6.13. The van der Waals surface area contributed by atoms with Crippen LogP contribution in [0.5, 0.6) is 0 Å². The summed E-state index contributed by atoms with van der Waals surface area (Å²) in [5.74, 6) is -6.71. The van der Waals surface area contributed by atoms with E-state index in [1.807, 2.05) is 0 Å². The van der Waals surface area contributed by atoms with E-state index in [0.717, 1.165) is 27.7 Å². The van der Waals surface area contributed by atoms with E-state index >= 15 is 0 Å². The minimum Gasteiger partial charge on any atom is -0.462 e. The van der Waals surface area contributed by atoms with E-state index < -0.39 is 106 Å². The van der Waals surface area contributed by atoms with Gasteiger partial charge in [-0.2, -0.15) is 0 Å². The molecule has 3 aliphatic carbocycles. The molecule has 1 aliphatic heterocycles. The summed E-state index contributed by atoms with van der Waals surface area (Å²) in [6.07, 6.45) is -8.19. The van der Waals surface area contributed by atoms with Crippen LogP contribution in [-0.2, 0) is 71.5 Å². The Kier molecular flexibility index (Phi) is 10.1. The number of hydrogen-bond donors (Lipinski definition) is 0.